The molecule has 2 N–H and O–H groups in total. The molecule has 1 fully saturated rings. The van der Waals surface area contributed by atoms with Gasteiger partial charge in [0.05, 0.1) is 22.9 Å². The molecule has 9 nitrogen and oxygen atoms in total. The summed E-state index contributed by atoms with van der Waals surface area (Å²) in [5, 5.41) is 5.54. The van der Waals surface area contributed by atoms with Crippen LogP contribution < -0.4 is 20.1 Å². The number of carbonyl (C=O) groups is 2. The molecule has 0 unspecified atom stereocenters. The molecule has 0 aromatic heterocycles. The van der Waals surface area contributed by atoms with Crippen molar-refractivity contribution in [1.82, 2.24) is 4.31 Å². The fourth-order valence-corrected chi connectivity index (χ4v) is 5.98. The zero-order valence-electron chi connectivity index (χ0n) is 18.8. The number of rotatable bonds is 6. The van der Waals surface area contributed by atoms with E-state index in [0.717, 1.165) is 0 Å². The molecule has 33 heavy (non-hydrogen) atoms. The normalized spacial score (nSPS) is 20.5. The zero-order valence-corrected chi connectivity index (χ0v) is 19.6. The van der Waals surface area contributed by atoms with E-state index < -0.39 is 28.1 Å². The summed E-state index contributed by atoms with van der Waals surface area (Å²) in [5.41, 5.74) is 1.38. The lowest BCUT2D eigenvalue weighted by atomic mass is 10.1. The second kappa shape index (κ2) is 9.03. The Kier molecular flexibility index (Phi) is 6.31. The summed E-state index contributed by atoms with van der Waals surface area (Å²) in [6.07, 6.45) is 0.250. The summed E-state index contributed by atoms with van der Waals surface area (Å²) in [6.45, 7) is 5.77. The maximum atomic E-state index is 13.6. The Balaban J connectivity index is 1.61. The number of hydrogen-bond acceptors (Lipinski definition) is 6. The predicted molar refractivity (Wildman–Crippen MR) is 123 cm³/mol. The quantitative estimate of drug-likeness (QED) is 0.667. The first-order chi connectivity index (χ1) is 15.7. The molecule has 2 heterocycles. The van der Waals surface area contributed by atoms with Crippen molar-refractivity contribution in [3.8, 4) is 11.5 Å². The van der Waals surface area contributed by atoms with Gasteiger partial charge in [-0.05, 0) is 57.4 Å². The molecule has 176 valence electrons. The highest BCUT2D eigenvalue weighted by Crippen LogP contribution is 2.37. The van der Waals surface area contributed by atoms with Gasteiger partial charge in [-0.2, -0.15) is 4.31 Å². The van der Waals surface area contributed by atoms with Crippen molar-refractivity contribution in [3.63, 3.8) is 0 Å². The van der Waals surface area contributed by atoms with Crippen LogP contribution in [0.5, 0.6) is 11.5 Å². The Bertz CT molecular complexity index is 1200. The number of anilines is 2. The highest BCUT2D eigenvalue weighted by molar-refractivity contribution is 7.89. The van der Waals surface area contributed by atoms with E-state index in [1.807, 2.05) is 6.92 Å². The van der Waals surface area contributed by atoms with Gasteiger partial charge in [0.25, 0.3) is 5.91 Å². The molecule has 2 aromatic rings. The molecule has 0 radical (unpaired) electrons. The Hall–Kier alpha value is -3.11. The zero-order chi connectivity index (χ0) is 23.8. The molecule has 2 amide bonds. The van der Waals surface area contributed by atoms with Gasteiger partial charge >= 0.3 is 0 Å². The lowest BCUT2D eigenvalue weighted by molar-refractivity contribution is -0.122. The summed E-state index contributed by atoms with van der Waals surface area (Å²) in [4.78, 5) is 25.0. The van der Waals surface area contributed by atoms with Gasteiger partial charge in [0.15, 0.2) is 6.10 Å². The van der Waals surface area contributed by atoms with Crippen LogP contribution in [0.3, 0.4) is 0 Å². The predicted octanol–water partition coefficient (Wildman–Crippen LogP) is 2.90. The third-order valence-electron chi connectivity index (χ3n) is 5.75. The summed E-state index contributed by atoms with van der Waals surface area (Å²) in [7, 11) is -3.99. The number of aryl methyl sites for hydroxylation is 1. The molecule has 2 aromatic carbocycles. The maximum absolute atomic E-state index is 13.6. The molecule has 2 atom stereocenters. The molecule has 1 saturated heterocycles. The monoisotopic (exact) mass is 473 g/mol. The third kappa shape index (κ3) is 4.40. The van der Waals surface area contributed by atoms with Crippen LogP contribution in [-0.2, 0) is 19.6 Å². The SMILES string of the molecule is CCOc1ccccc1NC(=O)[C@H]1CCCN1S(=O)(=O)c1cc2c(cc1C)NC(=O)[C@@H](C)O2. The average molecular weight is 474 g/mol. The Morgan fingerprint density at radius 3 is 2.82 bits per heavy atom. The summed E-state index contributed by atoms with van der Waals surface area (Å²) in [5.74, 6) is 0.119. The van der Waals surface area contributed by atoms with Crippen LogP contribution in [0.4, 0.5) is 11.4 Å². The second-order valence-electron chi connectivity index (χ2n) is 8.06. The van der Waals surface area contributed by atoms with E-state index in [1.165, 1.54) is 10.4 Å². The van der Waals surface area contributed by atoms with Gasteiger partial charge < -0.3 is 20.1 Å². The fourth-order valence-electron chi connectivity index (χ4n) is 4.10. The van der Waals surface area contributed by atoms with Crippen LogP contribution in [0.1, 0.15) is 32.3 Å². The van der Waals surface area contributed by atoms with Crippen LogP contribution in [0, 0.1) is 6.92 Å². The van der Waals surface area contributed by atoms with Crippen molar-refractivity contribution in [1.29, 1.82) is 0 Å². The molecule has 0 saturated carbocycles. The van der Waals surface area contributed by atoms with Crippen molar-refractivity contribution in [2.75, 3.05) is 23.8 Å². The summed E-state index contributed by atoms with van der Waals surface area (Å²) in [6, 6.07) is 9.20. The number of amides is 2. The Morgan fingerprint density at radius 1 is 1.30 bits per heavy atom. The number of fused-ring (bicyclic) bond motifs is 1. The number of ether oxygens (including phenoxy) is 2. The van der Waals surface area contributed by atoms with Gasteiger partial charge in [0.1, 0.15) is 17.5 Å². The second-order valence-corrected chi connectivity index (χ2v) is 9.91. The Morgan fingerprint density at radius 2 is 2.06 bits per heavy atom. The fraction of sp³-hybridized carbons (Fsp3) is 0.391. The number of para-hydroxylation sites is 2. The van der Waals surface area contributed by atoms with Crippen LogP contribution >= 0.6 is 0 Å². The third-order valence-corrected chi connectivity index (χ3v) is 7.80. The number of hydrogen-bond donors (Lipinski definition) is 2. The summed E-state index contributed by atoms with van der Waals surface area (Å²) < 4.78 is 39.6. The first kappa shape index (κ1) is 23.1. The van der Waals surface area contributed by atoms with Gasteiger partial charge in [-0.15, -0.1) is 0 Å². The standard InChI is InChI=1S/C23H27N3O6S/c1-4-31-19-10-6-5-8-16(19)24-23(28)18-9-7-11-26(18)33(29,30)21-13-20-17(12-14(21)2)25-22(27)15(3)32-20/h5-6,8,10,12-13,15,18H,4,7,9,11H2,1-3H3,(H,24,28)(H,25,27)/t15-,18-/m1/s1. The van der Waals surface area contributed by atoms with Crippen LogP contribution in [0.2, 0.25) is 0 Å². The largest absolute Gasteiger partial charge is 0.492 e. The summed E-state index contributed by atoms with van der Waals surface area (Å²) >= 11 is 0. The molecule has 2 aliphatic rings. The van der Waals surface area contributed by atoms with Crippen molar-refractivity contribution >= 4 is 33.2 Å². The number of benzene rings is 2. The first-order valence-corrected chi connectivity index (χ1v) is 12.3. The lowest BCUT2D eigenvalue weighted by Crippen LogP contribution is -2.43. The maximum Gasteiger partial charge on any atom is 0.265 e. The van der Waals surface area contributed by atoms with Crippen LogP contribution in [0.15, 0.2) is 41.3 Å². The van der Waals surface area contributed by atoms with E-state index in [0.29, 0.717) is 42.1 Å². The highest BCUT2D eigenvalue weighted by atomic mass is 32.2. The molecule has 4 rings (SSSR count). The molecule has 0 bridgehead atoms. The smallest absolute Gasteiger partial charge is 0.265 e. The molecule has 0 spiro atoms. The minimum Gasteiger partial charge on any atom is -0.492 e. The molecule has 10 heteroatoms. The number of sulfonamides is 1. The van der Waals surface area contributed by atoms with Gasteiger partial charge in [0, 0.05) is 12.6 Å². The minimum absolute atomic E-state index is 0.0546. The van der Waals surface area contributed by atoms with Gasteiger partial charge in [0.2, 0.25) is 15.9 Å². The van der Waals surface area contributed by atoms with E-state index in [2.05, 4.69) is 10.6 Å². The van der Waals surface area contributed by atoms with Gasteiger partial charge in [-0.3, -0.25) is 9.59 Å². The van der Waals surface area contributed by atoms with Crippen molar-refractivity contribution in [2.24, 2.45) is 0 Å². The minimum atomic E-state index is -3.99. The topological polar surface area (TPSA) is 114 Å². The van der Waals surface area contributed by atoms with E-state index in [-0.39, 0.29) is 23.1 Å². The number of carbonyl (C=O) groups excluding carboxylic acids is 2. The number of nitrogens with one attached hydrogen (secondary N) is 2. The highest BCUT2D eigenvalue weighted by Gasteiger charge is 2.41. The van der Waals surface area contributed by atoms with E-state index >= 15 is 0 Å². The van der Waals surface area contributed by atoms with Crippen molar-refractivity contribution in [3.05, 3.63) is 42.0 Å². The molecule has 0 aliphatic carbocycles. The van der Waals surface area contributed by atoms with Crippen molar-refractivity contribution < 1.29 is 27.5 Å². The van der Waals surface area contributed by atoms with E-state index in [1.54, 1.807) is 44.2 Å². The molecular weight excluding hydrogens is 446 g/mol. The number of nitrogens with zero attached hydrogens (tertiary/aromatic N) is 1. The van der Waals surface area contributed by atoms with E-state index in [9.17, 15) is 18.0 Å². The molecular formula is C23H27N3O6S. The van der Waals surface area contributed by atoms with Gasteiger partial charge in [-0.1, -0.05) is 12.1 Å². The lowest BCUT2D eigenvalue weighted by Gasteiger charge is -2.27. The van der Waals surface area contributed by atoms with Gasteiger partial charge in [-0.25, -0.2) is 8.42 Å². The van der Waals surface area contributed by atoms with Crippen molar-refractivity contribution in [2.45, 2.75) is 50.7 Å². The Labute approximate surface area is 193 Å². The average Bonchev–Trinajstić information content (AvgIpc) is 3.27. The first-order valence-electron chi connectivity index (χ1n) is 10.9. The molecule has 2 aliphatic heterocycles. The van der Waals surface area contributed by atoms with E-state index in [4.69, 9.17) is 9.47 Å². The van der Waals surface area contributed by atoms with Crippen LogP contribution in [-0.4, -0.2) is 49.8 Å². The van der Waals surface area contributed by atoms with Crippen LogP contribution in [0.25, 0.3) is 0 Å².